The van der Waals surface area contributed by atoms with Crippen molar-refractivity contribution in [3.05, 3.63) is 11.6 Å². The van der Waals surface area contributed by atoms with Crippen molar-refractivity contribution in [2.75, 3.05) is 14.1 Å². The summed E-state index contributed by atoms with van der Waals surface area (Å²) in [5, 5.41) is 15.6. The Kier molecular flexibility index (Phi) is 4.85. The third-order valence-corrected chi connectivity index (χ3v) is 2.79. The van der Waals surface area contributed by atoms with Gasteiger partial charge in [-0.15, -0.1) is 0 Å². The Hall–Kier alpha value is -2.12. The number of aromatic amines is 1. The van der Waals surface area contributed by atoms with Gasteiger partial charge in [-0.1, -0.05) is 6.92 Å². The molecule has 1 aromatic rings. The predicted octanol–water partition coefficient (Wildman–Crippen LogP) is 0.460. The standard InChI is InChI=1S/C11H19N5O3/c1-5-8(10(17)18)16(4)11(19)15(3)6-9-12-7(2)13-14-9/h8H,5-6H2,1-4H3,(H,17,18)(H,12,13,14). The van der Waals surface area contributed by atoms with Gasteiger partial charge in [-0.3, -0.25) is 5.10 Å². The highest BCUT2D eigenvalue weighted by molar-refractivity contribution is 5.82. The van der Waals surface area contributed by atoms with Gasteiger partial charge >= 0.3 is 12.0 Å². The van der Waals surface area contributed by atoms with Gasteiger partial charge in [-0.25, -0.2) is 14.6 Å². The van der Waals surface area contributed by atoms with Gasteiger partial charge < -0.3 is 14.9 Å². The predicted molar refractivity (Wildman–Crippen MR) is 67.5 cm³/mol. The van der Waals surface area contributed by atoms with Crippen molar-refractivity contribution < 1.29 is 14.7 Å². The molecule has 0 saturated carbocycles. The number of aryl methyl sites for hydroxylation is 1. The molecule has 0 bridgehead atoms. The first-order valence-electron chi connectivity index (χ1n) is 5.95. The van der Waals surface area contributed by atoms with Crippen LogP contribution in [0.5, 0.6) is 0 Å². The number of urea groups is 1. The van der Waals surface area contributed by atoms with Crippen molar-refractivity contribution >= 4 is 12.0 Å². The number of aromatic nitrogens is 3. The number of aliphatic carboxylic acids is 1. The van der Waals surface area contributed by atoms with Crippen LogP contribution in [0.3, 0.4) is 0 Å². The van der Waals surface area contributed by atoms with Gasteiger partial charge in [0.15, 0.2) is 5.82 Å². The lowest BCUT2D eigenvalue weighted by Crippen LogP contribution is -2.47. The fourth-order valence-electron chi connectivity index (χ4n) is 1.76. The van der Waals surface area contributed by atoms with Crippen molar-refractivity contribution in [3.8, 4) is 0 Å². The second-order valence-corrected chi connectivity index (χ2v) is 4.35. The van der Waals surface area contributed by atoms with Crippen molar-refractivity contribution in [3.63, 3.8) is 0 Å². The molecule has 0 aromatic carbocycles. The number of hydrogen-bond donors (Lipinski definition) is 2. The summed E-state index contributed by atoms with van der Waals surface area (Å²) in [7, 11) is 3.06. The van der Waals surface area contributed by atoms with E-state index >= 15 is 0 Å². The molecule has 0 fully saturated rings. The van der Waals surface area contributed by atoms with Crippen LogP contribution in [0.1, 0.15) is 25.0 Å². The Labute approximate surface area is 111 Å². The first-order chi connectivity index (χ1) is 8.86. The zero-order valence-electron chi connectivity index (χ0n) is 11.5. The molecule has 1 atom stereocenters. The number of carboxylic acids is 1. The highest BCUT2D eigenvalue weighted by atomic mass is 16.4. The van der Waals surface area contributed by atoms with E-state index in [1.165, 1.54) is 16.8 Å². The number of carboxylic acid groups (broad SMARTS) is 1. The first-order valence-corrected chi connectivity index (χ1v) is 5.95. The summed E-state index contributed by atoms with van der Waals surface area (Å²) < 4.78 is 0. The van der Waals surface area contributed by atoms with Gasteiger partial charge in [0, 0.05) is 14.1 Å². The van der Waals surface area contributed by atoms with Crippen LogP contribution >= 0.6 is 0 Å². The van der Waals surface area contributed by atoms with Crippen LogP contribution in [-0.4, -0.2) is 62.2 Å². The molecule has 0 aliphatic rings. The number of nitrogens with zero attached hydrogens (tertiary/aromatic N) is 4. The van der Waals surface area contributed by atoms with Gasteiger partial charge in [0.1, 0.15) is 11.9 Å². The molecular weight excluding hydrogens is 250 g/mol. The lowest BCUT2D eigenvalue weighted by Gasteiger charge is -2.28. The molecule has 1 heterocycles. The lowest BCUT2D eigenvalue weighted by molar-refractivity contribution is -0.142. The first kappa shape index (κ1) is 14.9. The summed E-state index contributed by atoms with van der Waals surface area (Å²) in [6.07, 6.45) is 0.352. The molecule has 2 N–H and O–H groups in total. The van der Waals surface area contributed by atoms with Gasteiger partial charge in [-0.05, 0) is 13.3 Å². The summed E-state index contributed by atoms with van der Waals surface area (Å²) >= 11 is 0. The quantitative estimate of drug-likeness (QED) is 0.808. The lowest BCUT2D eigenvalue weighted by atomic mass is 10.2. The van der Waals surface area contributed by atoms with E-state index in [0.717, 1.165) is 0 Å². The molecule has 0 spiro atoms. The molecule has 2 amide bonds. The molecule has 19 heavy (non-hydrogen) atoms. The molecule has 0 aliphatic carbocycles. The number of hydrogen-bond acceptors (Lipinski definition) is 4. The van der Waals surface area contributed by atoms with E-state index in [2.05, 4.69) is 15.2 Å². The molecule has 1 rings (SSSR count). The number of H-pyrrole nitrogens is 1. The van der Waals surface area contributed by atoms with E-state index in [9.17, 15) is 9.59 Å². The van der Waals surface area contributed by atoms with Crippen LogP contribution in [0, 0.1) is 6.92 Å². The third kappa shape index (κ3) is 3.67. The van der Waals surface area contributed by atoms with Crippen LogP contribution in [-0.2, 0) is 11.3 Å². The van der Waals surface area contributed by atoms with Crippen LogP contribution in [0.2, 0.25) is 0 Å². The van der Waals surface area contributed by atoms with Crippen LogP contribution < -0.4 is 0 Å². The average Bonchev–Trinajstić information content (AvgIpc) is 2.73. The summed E-state index contributed by atoms with van der Waals surface area (Å²) in [6, 6.07) is -1.21. The molecule has 0 saturated heterocycles. The van der Waals surface area contributed by atoms with E-state index in [1.807, 2.05) is 0 Å². The second kappa shape index (κ2) is 6.17. The van der Waals surface area contributed by atoms with Crippen molar-refractivity contribution in [2.45, 2.75) is 32.9 Å². The van der Waals surface area contributed by atoms with E-state index in [1.54, 1.807) is 20.9 Å². The van der Waals surface area contributed by atoms with Gasteiger partial charge in [0.25, 0.3) is 0 Å². The van der Waals surface area contributed by atoms with Crippen molar-refractivity contribution in [1.29, 1.82) is 0 Å². The minimum absolute atomic E-state index is 0.226. The summed E-state index contributed by atoms with van der Waals surface area (Å²) in [6.45, 7) is 3.72. The molecule has 8 heteroatoms. The van der Waals surface area contributed by atoms with E-state index < -0.39 is 12.0 Å². The molecule has 1 unspecified atom stereocenters. The average molecular weight is 269 g/mol. The Balaban J connectivity index is 2.68. The van der Waals surface area contributed by atoms with Crippen molar-refractivity contribution in [1.82, 2.24) is 25.0 Å². The molecular formula is C11H19N5O3. The number of amides is 2. The molecule has 0 radical (unpaired) electrons. The Bertz CT molecular complexity index is 459. The summed E-state index contributed by atoms with van der Waals surface area (Å²) in [4.78, 5) is 29.8. The number of carbonyl (C=O) groups is 2. The number of carbonyl (C=O) groups excluding carboxylic acids is 1. The topological polar surface area (TPSA) is 102 Å². The zero-order chi connectivity index (χ0) is 14.6. The van der Waals surface area contributed by atoms with Crippen LogP contribution in [0.15, 0.2) is 0 Å². The van der Waals surface area contributed by atoms with Gasteiger partial charge in [0.2, 0.25) is 0 Å². The molecule has 106 valence electrons. The summed E-state index contributed by atoms with van der Waals surface area (Å²) in [5.41, 5.74) is 0. The van der Waals surface area contributed by atoms with Crippen LogP contribution in [0.4, 0.5) is 4.79 Å². The fourth-order valence-corrected chi connectivity index (χ4v) is 1.76. The van der Waals surface area contributed by atoms with Crippen molar-refractivity contribution in [2.24, 2.45) is 0 Å². The zero-order valence-corrected chi connectivity index (χ0v) is 11.5. The highest BCUT2D eigenvalue weighted by Gasteiger charge is 2.27. The highest BCUT2D eigenvalue weighted by Crippen LogP contribution is 2.07. The van der Waals surface area contributed by atoms with E-state index in [0.29, 0.717) is 18.1 Å². The number of rotatable bonds is 5. The maximum Gasteiger partial charge on any atom is 0.326 e. The maximum absolute atomic E-state index is 12.1. The Morgan fingerprint density at radius 1 is 1.42 bits per heavy atom. The van der Waals surface area contributed by atoms with Crippen LogP contribution in [0.25, 0.3) is 0 Å². The van der Waals surface area contributed by atoms with E-state index in [-0.39, 0.29) is 12.6 Å². The Morgan fingerprint density at radius 3 is 2.47 bits per heavy atom. The number of nitrogens with one attached hydrogen (secondary N) is 1. The monoisotopic (exact) mass is 269 g/mol. The third-order valence-electron chi connectivity index (χ3n) is 2.79. The maximum atomic E-state index is 12.1. The fraction of sp³-hybridized carbons (Fsp3) is 0.636. The largest absolute Gasteiger partial charge is 0.480 e. The molecule has 1 aromatic heterocycles. The smallest absolute Gasteiger partial charge is 0.326 e. The minimum Gasteiger partial charge on any atom is -0.480 e. The molecule has 0 aliphatic heterocycles. The van der Waals surface area contributed by atoms with E-state index in [4.69, 9.17) is 5.11 Å². The SMILES string of the molecule is CCC(C(=O)O)N(C)C(=O)N(C)Cc1n[nH]c(C)n1. The molecule has 8 nitrogen and oxygen atoms in total. The second-order valence-electron chi connectivity index (χ2n) is 4.35. The summed E-state index contributed by atoms with van der Waals surface area (Å²) in [5.74, 6) is 0.145. The normalized spacial score (nSPS) is 12.0. The van der Waals surface area contributed by atoms with Gasteiger partial charge in [0.05, 0.1) is 6.54 Å². The number of likely N-dealkylation sites (N-methyl/N-ethyl adjacent to an activating group) is 1. The Morgan fingerprint density at radius 2 is 2.05 bits per heavy atom. The minimum atomic E-state index is -1.01. The van der Waals surface area contributed by atoms with Gasteiger partial charge in [-0.2, -0.15) is 5.10 Å².